The maximum absolute atomic E-state index is 13.5. The Labute approximate surface area is 211 Å². The minimum Gasteiger partial charge on any atom is -0.493 e. The van der Waals surface area contributed by atoms with Gasteiger partial charge in [-0.2, -0.15) is 0 Å². The molecule has 0 amide bonds. The number of ether oxygens (including phenoxy) is 2. The van der Waals surface area contributed by atoms with Gasteiger partial charge in [0.25, 0.3) is 5.56 Å². The van der Waals surface area contributed by atoms with Gasteiger partial charge in [0.05, 0.1) is 18.9 Å². The lowest BCUT2D eigenvalue weighted by Gasteiger charge is -2.19. The molecule has 3 aromatic carbocycles. The van der Waals surface area contributed by atoms with Crippen molar-refractivity contribution in [3.05, 3.63) is 94.9 Å². The van der Waals surface area contributed by atoms with Crippen molar-refractivity contribution in [1.82, 2.24) is 19.6 Å². The molecular formula is C27H23N5O3S. The number of nitrogens with two attached hydrogens (primary N) is 1. The Morgan fingerprint density at radius 3 is 2.67 bits per heavy atom. The molecule has 180 valence electrons. The Balaban J connectivity index is 1.35. The highest BCUT2D eigenvalue weighted by atomic mass is 32.2. The summed E-state index contributed by atoms with van der Waals surface area (Å²) in [4.78, 5) is 13.5. The molecule has 0 unspecified atom stereocenters. The Morgan fingerprint density at radius 2 is 1.83 bits per heavy atom. The third-order valence-corrected chi connectivity index (χ3v) is 7.46. The summed E-state index contributed by atoms with van der Waals surface area (Å²) < 4.78 is 15.3. The molecule has 0 spiro atoms. The van der Waals surface area contributed by atoms with Gasteiger partial charge < -0.3 is 15.2 Å². The van der Waals surface area contributed by atoms with Gasteiger partial charge in [-0.1, -0.05) is 71.9 Å². The monoisotopic (exact) mass is 497 g/mol. The third kappa shape index (κ3) is 3.68. The first-order valence-electron chi connectivity index (χ1n) is 11.5. The number of hydrogen-bond acceptors (Lipinski definition) is 7. The maximum Gasteiger partial charge on any atom is 0.277 e. The number of pyridine rings is 1. The SMILES string of the molecule is COc1c(COc2cccc3ccccc23)c(N)c(=O)n2c1SC[C@H]2n1cc(-c2ccccc2)nn1. The fourth-order valence-electron chi connectivity index (χ4n) is 4.53. The first-order valence-corrected chi connectivity index (χ1v) is 12.5. The zero-order valence-electron chi connectivity index (χ0n) is 19.5. The van der Waals surface area contributed by atoms with Gasteiger partial charge in [-0.15, -0.1) is 16.9 Å². The van der Waals surface area contributed by atoms with E-state index in [1.807, 2.05) is 79.0 Å². The second-order valence-electron chi connectivity index (χ2n) is 8.41. The number of aromatic nitrogens is 4. The van der Waals surface area contributed by atoms with Crippen molar-refractivity contribution >= 4 is 28.2 Å². The first-order chi connectivity index (χ1) is 17.7. The lowest BCUT2D eigenvalue weighted by Crippen LogP contribution is -2.31. The van der Waals surface area contributed by atoms with Crippen LogP contribution in [-0.4, -0.2) is 32.4 Å². The number of anilines is 1. The molecular weight excluding hydrogens is 474 g/mol. The van der Waals surface area contributed by atoms with Crippen molar-refractivity contribution in [3.63, 3.8) is 0 Å². The van der Waals surface area contributed by atoms with Crippen LogP contribution in [0.5, 0.6) is 11.5 Å². The van der Waals surface area contributed by atoms with E-state index >= 15 is 0 Å². The predicted octanol–water partition coefficient (Wildman–Crippen LogP) is 4.58. The highest BCUT2D eigenvalue weighted by Gasteiger charge is 2.33. The number of methoxy groups -OCH3 is 1. The van der Waals surface area contributed by atoms with Crippen molar-refractivity contribution in [2.75, 3.05) is 18.6 Å². The van der Waals surface area contributed by atoms with Gasteiger partial charge in [-0.25, -0.2) is 4.68 Å². The molecule has 0 saturated carbocycles. The van der Waals surface area contributed by atoms with Crippen LogP contribution in [0.1, 0.15) is 11.7 Å². The average Bonchev–Trinajstić information content (AvgIpc) is 3.58. The van der Waals surface area contributed by atoms with Crippen LogP contribution in [0.3, 0.4) is 0 Å². The van der Waals surface area contributed by atoms with Gasteiger partial charge in [-0.3, -0.25) is 9.36 Å². The average molecular weight is 498 g/mol. The number of fused-ring (bicyclic) bond motifs is 2. The zero-order valence-corrected chi connectivity index (χ0v) is 20.3. The second kappa shape index (κ2) is 9.09. The molecule has 1 aliphatic rings. The van der Waals surface area contributed by atoms with Crippen LogP contribution >= 0.6 is 11.8 Å². The molecule has 0 saturated heterocycles. The molecule has 2 aromatic heterocycles. The fraction of sp³-hybridized carbons (Fsp3) is 0.148. The van der Waals surface area contributed by atoms with Crippen LogP contribution in [0.2, 0.25) is 0 Å². The topological polar surface area (TPSA) is 97.2 Å². The van der Waals surface area contributed by atoms with Crippen molar-refractivity contribution < 1.29 is 9.47 Å². The molecule has 5 aromatic rings. The Bertz CT molecular complexity index is 1630. The van der Waals surface area contributed by atoms with Crippen molar-refractivity contribution in [1.29, 1.82) is 0 Å². The van der Waals surface area contributed by atoms with Crippen LogP contribution in [0.15, 0.2) is 88.8 Å². The van der Waals surface area contributed by atoms with Crippen molar-refractivity contribution in [2.45, 2.75) is 17.8 Å². The number of hydrogen-bond donors (Lipinski definition) is 1. The second-order valence-corrected chi connectivity index (χ2v) is 9.42. The summed E-state index contributed by atoms with van der Waals surface area (Å²) >= 11 is 1.53. The summed E-state index contributed by atoms with van der Waals surface area (Å²) in [5.74, 6) is 1.86. The number of nitrogen functional groups attached to an aromatic ring is 1. The van der Waals surface area contributed by atoms with Gasteiger partial charge in [0.1, 0.15) is 34.9 Å². The van der Waals surface area contributed by atoms with Crippen LogP contribution in [0.4, 0.5) is 5.69 Å². The molecule has 2 N–H and O–H groups in total. The van der Waals surface area contributed by atoms with E-state index in [2.05, 4.69) is 10.3 Å². The Hall–Kier alpha value is -4.24. The number of rotatable bonds is 6. The number of benzene rings is 3. The van der Waals surface area contributed by atoms with Gasteiger partial charge >= 0.3 is 0 Å². The summed E-state index contributed by atoms with van der Waals surface area (Å²) in [6.07, 6.45) is 1.48. The van der Waals surface area contributed by atoms with E-state index in [0.717, 1.165) is 27.8 Å². The van der Waals surface area contributed by atoms with Crippen LogP contribution < -0.4 is 20.8 Å². The standard InChI is InChI=1S/C27H23N5O3S/c1-34-25-20(15-35-22-13-7-11-17-8-5-6-12-19(17)22)24(28)26(33)32-23(16-36-27(25)32)31-14-21(29-30-31)18-9-3-2-4-10-18/h2-14,23H,15-16,28H2,1H3/t23-/m0/s1. The van der Waals surface area contributed by atoms with Crippen LogP contribution in [0.25, 0.3) is 22.0 Å². The Kier molecular flexibility index (Phi) is 5.61. The normalized spacial score (nSPS) is 14.6. The lowest BCUT2D eigenvalue weighted by atomic mass is 10.1. The highest BCUT2D eigenvalue weighted by Crippen LogP contribution is 2.42. The van der Waals surface area contributed by atoms with Gasteiger partial charge in [-0.05, 0) is 11.5 Å². The van der Waals surface area contributed by atoms with Crippen molar-refractivity contribution in [3.8, 4) is 22.8 Å². The van der Waals surface area contributed by atoms with E-state index < -0.39 is 0 Å². The molecule has 1 aliphatic heterocycles. The summed E-state index contributed by atoms with van der Waals surface area (Å²) in [6, 6.07) is 23.7. The lowest BCUT2D eigenvalue weighted by molar-refractivity contribution is 0.294. The quantitative estimate of drug-likeness (QED) is 0.367. The smallest absolute Gasteiger partial charge is 0.277 e. The van der Waals surface area contributed by atoms with Crippen LogP contribution in [0, 0.1) is 0 Å². The van der Waals surface area contributed by atoms with E-state index in [4.69, 9.17) is 15.2 Å². The number of thioether (sulfide) groups is 1. The van der Waals surface area contributed by atoms with E-state index in [1.165, 1.54) is 11.8 Å². The molecule has 8 nitrogen and oxygen atoms in total. The third-order valence-electron chi connectivity index (χ3n) is 6.34. The molecule has 36 heavy (non-hydrogen) atoms. The first kappa shape index (κ1) is 22.2. The molecule has 0 fully saturated rings. The molecule has 3 heterocycles. The largest absolute Gasteiger partial charge is 0.493 e. The maximum atomic E-state index is 13.5. The predicted molar refractivity (Wildman–Crippen MR) is 141 cm³/mol. The molecule has 1 atom stereocenters. The van der Waals surface area contributed by atoms with Gasteiger partial charge in [0, 0.05) is 16.7 Å². The fourth-order valence-corrected chi connectivity index (χ4v) is 5.82. The number of nitrogens with zero attached hydrogens (tertiary/aromatic N) is 4. The molecule has 0 bridgehead atoms. The van der Waals surface area contributed by atoms with Gasteiger partial charge in [0.15, 0.2) is 5.75 Å². The molecule has 9 heteroatoms. The molecule has 0 radical (unpaired) electrons. The molecule has 6 rings (SSSR count). The van der Waals surface area contributed by atoms with Crippen molar-refractivity contribution in [2.24, 2.45) is 0 Å². The van der Waals surface area contributed by atoms with E-state index in [0.29, 0.717) is 22.1 Å². The van der Waals surface area contributed by atoms with E-state index in [1.54, 1.807) is 16.4 Å². The van der Waals surface area contributed by atoms with E-state index in [9.17, 15) is 4.79 Å². The van der Waals surface area contributed by atoms with Crippen LogP contribution in [-0.2, 0) is 6.61 Å². The summed E-state index contributed by atoms with van der Waals surface area (Å²) in [7, 11) is 1.58. The van der Waals surface area contributed by atoms with Gasteiger partial charge in [0.2, 0.25) is 0 Å². The minimum atomic E-state index is -0.369. The summed E-state index contributed by atoms with van der Waals surface area (Å²) in [6.45, 7) is 0.110. The summed E-state index contributed by atoms with van der Waals surface area (Å²) in [5.41, 5.74) is 8.44. The zero-order chi connectivity index (χ0) is 24.6. The molecule has 0 aliphatic carbocycles. The van der Waals surface area contributed by atoms with E-state index in [-0.39, 0.29) is 24.0 Å². The Morgan fingerprint density at radius 1 is 1.06 bits per heavy atom. The highest BCUT2D eigenvalue weighted by molar-refractivity contribution is 7.99. The minimum absolute atomic E-state index is 0.103. The summed E-state index contributed by atoms with van der Waals surface area (Å²) in [5, 5.41) is 11.4.